The molecular weight excluding hydrogens is 296 g/mol. The second-order valence-corrected chi connectivity index (χ2v) is 5.94. The first-order chi connectivity index (χ1) is 10.5. The van der Waals surface area contributed by atoms with Crippen LogP contribution in [0.2, 0.25) is 0 Å². The minimum Gasteiger partial charge on any atom is -0.308 e. The molecule has 1 aromatic carbocycles. The summed E-state index contributed by atoms with van der Waals surface area (Å²) in [4.78, 5) is 15.6. The van der Waals surface area contributed by atoms with Crippen molar-refractivity contribution in [2.75, 3.05) is 11.6 Å². The molecule has 0 aliphatic carbocycles. The van der Waals surface area contributed by atoms with Crippen LogP contribution in [-0.4, -0.2) is 21.7 Å². The van der Waals surface area contributed by atoms with Gasteiger partial charge in [0.2, 0.25) is 5.91 Å². The molecule has 2 aromatic rings. The van der Waals surface area contributed by atoms with E-state index >= 15 is 0 Å². The van der Waals surface area contributed by atoms with Gasteiger partial charge in [-0.3, -0.25) is 9.36 Å². The Balaban J connectivity index is 2.55. The van der Waals surface area contributed by atoms with Crippen molar-refractivity contribution < 1.29 is 4.79 Å². The number of rotatable bonds is 4. The normalized spacial score (nSPS) is 10.5. The lowest BCUT2D eigenvalue weighted by molar-refractivity contribution is -0.114. The van der Waals surface area contributed by atoms with Crippen LogP contribution in [0.1, 0.15) is 37.9 Å². The number of carbonyl (C=O) groups is 1. The maximum Gasteiger partial charge on any atom is 0.222 e. The maximum absolute atomic E-state index is 11.3. The van der Waals surface area contributed by atoms with Gasteiger partial charge in [0.05, 0.1) is 0 Å². The summed E-state index contributed by atoms with van der Waals surface area (Å²) in [6, 6.07) is 10.2. The maximum atomic E-state index is 11.3. The van der Waals surface area contributed by atoms with Gasteiger partial charge in [-0.2, -0.15) is 5.26 Å². The number of amides is 1. The van der Waals surface area contributed by atoms with Crippen molar-refractivity contribution in [3.05, 3.63) is 35.5 Å². The van der Waals surface area contributed by atoms with Gasteiger partial charge >= 0.3 is 0 Å². The lowest BCUT2D eigenvalue weighted by Gasteiger charge is -2.10. The lowest BCUT2D eigenvalue weighted by Crippen LogP contribution is -2.08. The summed E-state index contributed by atoms with van der Waals surface area (Å²) in [5.74, 6) is 0.499. The summed E-state index contributed by atoms with van der Waals surface area (Å²) in [5.41, 5.74) is 2.42. The highest BCUT2D eigenvalue weighted by Crippen LogP contribution is 2.28. The largest absolute Gasteiger partial charge is 0.308 e. The van der Waals surface area contributed by atoms with E-state index in [9.17, 15) is 10.1 Å². The molecule has 0 unspecified atom stereocenters. The quantitative estimate of drug-likeness (QED) is 0.876. The van der Waals surface area contributed by atoms with Crippen LogP contribution in [0.5, 0.6) is 0 Å². The number of carbonyl (C=O) groups excluding carboxylic acids is 1. The van der Waals surface area contributed by atoms with Crippen LogP contribution in [0.15, 0.2) is 29.4 Å². The Morgan fingerprint density at radius 1 is 1.36 bits per heavy atom. The number of benzene rings is 1. The van der Waals surface area contributed by atoms with Crippen LogP contribution in [-0.2, 0) is 4.79 Å². The van der Waals surface area contributed by atoms with Gasteiger partial charge in [0, 0.05) is 12.6 Å². The number of hydrogen-bond acceptors (Lipinski definition) is 4. The Kier molecular flexibility index (Phi) is 4.88. The molecule has 22 heavy (non-hydrogen) atoms. The number of anilines is 1. The van der Waals surface area contributed by atoms with Crippen LogP contribution >= 0.6 is 11.8 Å². The Bertz CT molecular complexity index is 726. The first-order valence-corrected chi connectivity index (χ1v) is 8.15. The fraction of sp³-hybridized carbons (Fsp3) is 0.312. The molecule has 0 fully saturated rings. The van der Waals surface area contributed by atoms with Gasteiger partial charge in [-0.25, -0.2) is 4.98 Å². The summed E-state index contributed by atoms with van der Waals surface area (Å²) >= 11 is 1.43. The highest BCUT2D eigenvalue weighted by Gasteiger charge is 2.18. The summed E-state index contributed by atoms with van der Waals surface area (Å²) < 4.78 is 1.76. The number of aromatic nitrogens is 2. The Hall–Kier alpha value is -2.26. The molecule has 1 N–H and O–H groups in total. The van der Waals surface area contributed by atoms with Gasteiger partial charge in [0.15, 0.2) is 16.7 Å². The zero-order chi connectivity index (χ0) is 16.3. The summed E-state index contributed by atoms with van der Waals surface area (Å²) in [5, 5.41) is 12.7. The third-order valence-corrected chi connectivity index (χ3v) is 3.89. The predicted octanol–water partition coefficient (Wildman–Crippen LogP) is 3.55. The standard InChI is InChI=1S/C16H18N4OS/c1-10(2)12-5-7-13(8-6-12)20-14(9-17)15(18-11(3)21)19-16(20)22-4/h5-8,10H,1-4H3,(H,18,21). The Morgan fingerprint density at radius 2 is 2.00 bits per heavy atom. The van der Waals surface area contributed by atoms with E-state index < -0.39 is 0 Å². The predicted molar refractivity (Wildman–Crippen MR) is 88.5 cm³/mol. The molecule has 0 saturated heterocycles. The molecule has 1 aromatic heterocycles. The zero-order valence-electron chi connectivity index (χ0n) is 13.0. The number of nitriles is 1. The Morgan fingerprint density at radius 3 is 2.45 bits per heavy atom. The summed E-state index contributed by atoms with van der Waals surface area (Å²) in [6.45, 7) is 5.67. The zero-order valence-corrected chi connectivity index (χ0v) is 13.9. The molecule has 1 heterocycles. The average molecular weight is 314 g/mol. The highest BCUT2D eigenvalue weighted by molar-refractivity contribution is 7.98. The van der Waals surface area contributed by atoms with Crippen LogP contribution in [0.4, 0.5) is 5.82 Å². The van der Waals surface area contributed by atoms with Crippen LogP contribution in [0.25, 0.3) is 5.69 Å². The van der Waals surface area contributed by atoms with Crippen LogP contribution < -0.4 is 5.32 Å². The molecular formula is C16H18N4OS. The smallest absolute Gasteiger partial charge is 0.222 e. The van der Waals surface area contributed by atoms with E-state index in [0.717, 1.165) is 5.69 Å². The lowest BCUT2D eigenvalue weighted by atomic mass is 10.0. The molecule has 6 heteroatoms. The van der Waals surface area contributed by atoms with E-state index in [1.807, 2.05) is 30.5 Å². The summed E-state index contributed by atoms with van der Waals surface area (Å²) in [6.07, 6.45) is 1.89. The van der Waals surface area contributed by atoms with Crippen LogP contribution in [0.3, 0.4) is 0 Å². The van der Waals surface area contributed by atoms with Gasteiger partial charge in [-0.1, -0.05) is 37.7 Å². The number of thioether (sulfide) groups is 1. The summed E-state index contributed by atoms with van der Waals surface area (Å²) in [7, 11) is 0. The van der Waals surface area contributed by atoms with E-state index in [0.29, 0.717) is 22.6 Å². The minimum absolute atomic E-state index is 0.246. The van der Waals surface area contributed by atoms with Crippen molar-refractivity contribution in [1.29, 1.82) is 5.26 Å². The van der Waals surface area contributed by atoms with E-state index in [-0.39, 0.29) is 5.91 Å². The van der Waals surface area contributed by atoms with Crippen molar-refractivity contribution in [3.8, 4) is 11.8 Å². The molecule has 0 saturated carbocycles. The minimum atomic E-state index is -0.246. The van der Waals surface area contributed by atoms with Crippen molar-refractivity contribution in [2.45, 2.75) is 31.8 Å². The third kappa shape index (κ3) is 3.15. The second kappa shape index (κ2) is 6.67. The first-order valence-electron chi connectivity index (χ1n) is 6.92. The van der Waals surface area contributed by atoms with Gasteiger partial charge < -0.3 is 5.32 Å². The fourth-order valence-electron chi connectivity index (χ4n) is 2.14. The van der Waals surface area contributed by atoms with Crippen molar-refractivity contribution in [2.24, 2.45) is 0 Å². The molecule has 0 aliphatic rings. The van der Waals surface area contributed by atoms with E-state index in [4.69, 9.17) is 0 Å². The van der Waals surface area contributed by atoms with Gasteiger partial charge in [-0.15, -0.1) is 0 Å². The van der Waals surface area contributed by atoms with Gasteiger partial charge in [0.25, 0.3) is 0 Å². The molecule has 0 atom stereocenters. The molecule has 5 nitrogen and oxygen atoms in total. The molecule has 0 spiro atoms. The highest BCUT2D eigenvalue weighted by atomic mass is 32.2. The monoisotopic (exact) mass is 314 g/mol. The molecule has 114 valence electrons. The van der Waals surface area contributed by atoms with Gasteiger partial charge in [-0.05, 0) is 29.9 Å². The van der Waals surface area contributed by atoms with Crippen molar-refractivity contribution >= 4 is 23.5 Å². The molecule has 1 amide bonds. The van der Waals surface area contributed by atoms with Crippen LogP contribution in [0, 0.1) is 11.3 Å². The van der Waals surface area contributed by atoms with Crippen molar-refractivity contribution in [1.82, 2.24) is 9.55 Å². The SMILES string of the molecule is CSc1nc(NC(C)=O)c(C#N)n1-c1ccc(C(C)C)cc1. The molecule has 0 bridgehead atoms. The van der Waals surface area contributed by atoms with E-state index in [1.165, 1.54) is 24.2 Å². The fourth-order valence-corrected chi connectivity index (χ4v) is 2.70. The third-order valence-electron chi connectivity index (χ3n) is 3.25. The molecule has 2 rings (SSSR count). The number of hydrogen-bond donors (Lipinski definition) is 1. The molecule has 0 radical (unpaired) electrons. The average Bonchev–Trinajstić information content (AvgIpc) is 2.83. The van der Waals surface area contributed by atoms with E-state index in [1.54, 1.807) is 4.57 Å². The van der Waals surface area contributed by atoms with Gasteiger partial charge in [0.1, 0.15) is 6.07 Å². The number of nitrogens with zero attached hydrogens (tertiary/aromatic N) is 3. The molecule has 0 aliphatic heterocycles. The van der Waals surface area contributed by atoms with E-state index in [2.05, 4.69) is 30.2 Å². The number of nitrogens with one attached hydrogen (secondary N) is 1. The second-order valence-electron chi connectivity index (χ2n) is 5.17. The number of imidazole rings is 1. The van der Waals surface area contributed by atoms with Crippen molar-refractivity contribution in [3.63, 3.8) is 0 Å². The topological polar surface area (TPSA) is 70.7 Å². The first kappa shape index (κ1) is 16.1. The Labute approximate surface area is 134 Å².